The molecule has 0 bridgehead atoms. The van der Waals surface area contributed by atoms with Gasteiger partial charge in [-0.05, 0) is 44.0 Å². The molecular weight excluding hydrogens is 409 g/mol. The molecule has 1 aliphatic rings. The van der Waals surface area contributed by atoms with Crippen LogP contribution in [0.25, 0.3) is 0 Å². The first-order valence-electron chi connectivity index (χ1n) is 9.56. The quantitative estimate of drug-likeness (QED) is 0.643. The molecule has 1 saturated heterocycles. The lowest BCUT2D eigenvalue weighted by Crippen LogP contribution is -2.51. The number of aromatic nitrogens is 3. The van der Waals surface area contributed by atoms with Crippen LogP contribution in [0.15, 0.2) is 24.4 Å². The molecule has 0 radical (unpaired) electrons. The van der Waals surface area contributed by atoms with Gasteiger partial charge in [-0.15, -0.1) is 5.10 Å². The van der Waals surface area contributed by atoms with Crippen LogP contribution < -0.4 is 10.2 Å². The number of ether oxygens (including phenoxy) is 1. The Labute approximate surface area is 180 Å². The number of anilines is 1. The second kappa shape index (κ2) is 9.81. The maximum Gasteiger partial charge on any atom is 0.257 e. The molecule has 1 unspecified atom stereocenters. The van der Waals surface area contributed by atoms with Crippen molar-refractivity contribution >= 4 is 29.0 Å². The number of amides is 1. The van der Waals surface area contributed by atoms with E-state index in [9.17, 15) is 4.79 Å². The maximum atomic E-state index is 15.0. The molecule has 1 aromatic heterocycles. The largest absolute Gasteiger partial charge is 0.474 e. The third-order valence-electron chi connectivity index (χ3n) is 4.91. The Kier molecular flexibility index (Phi) is 7.16. The molecular formula is C19H26FN7O2S. The highest BCUT2D eigenvalue weighted by Gasteiger charge is 2.25. The molecule has 2 aromatic rings. The van der Waals surface area contributed by atoms with E-state index in [1.165, 1.54) is 13.2 Å². The Morgan fingerprint density at radius 3 is 2.67 bits per heavy atom. The lowest BCUT2D eigenvalue weighted by molar-refractivity contribution is -0.132. The number of rotatable bonds is 6. The SMILES string of the molecule is COC(=S)NC(c1ccc(N2CCN(C(=O)CN(C)C)CC2)c(F)c1)c1c[nH]nn1. The molecule has 1 aromatic carbocycles. The third-order valence-corrected chi connectivity index (χ3v) is 5.19. The Balaban J connectivity index is 1.72. The van der Waals surface area contributed by atoms with Gasteiger partial charge in [0.1, 0.15) is 17.6 Å². The summed E-state index contributed by atoms with van der Waals surface area (Å²) in [5, 5.41) is 13.6. The number of likely N-dealkylation sites (N-methyl/N-ethyl adjacent to an activating group) is 1. The van der Waals surface area contributed by atoms with E-state index in [4.69, 9.17) is 17.0 Å². The molecule has 1 amide bonds. The second-order valence-electron chi connectivity index (χ2n) is 7.28. The van der Waals surface area contributed by atoms with Gasteiger partial charge in [0.05, 0.1) is 19.3 Å². The zero-order valence-electron chi connectivity index (χ0n) is 17.3. The number of halogens is 1. The summed E-state index contributed by atoms with van der Waals surface area (Å²) in [6.45, 7) is 2.67. The molecule has 30 heavy (non-hydrogen) atoms. The normalized spacial score (nSPS) is 15.2. The van der Waals surface area contributed by atoms with E-state index in [1.54, 1.807) is 12.3 Å². The van der Waals surface area contributed by atoms with Crippen molar-refractivity contribution in [2.45, 2.75) is 6.04 Å². The van der Waals surface area contributed by atoms with Crippen molar-refractivity contribution in [3.05, 3.63) is 41.5 Å². The van der Waals surface area contributed by atoms with Crippen LogP contribution in [0.4, 0.5) is 10.1 Å². The molecule has 0 aliphatic carbocycles. The molecule has 1 aliphatic heterocycles. The number of hydrogen-bond acceptors (Lipinski definition) is 7. The molecule has 162 valence electrons. The number of piperazine rings is 1. The van der Waals surface area contributed by atoms with Crippen LogP contribution in [0.1, 0.15) is 17.3 Å². The van der Waals surface area contributed by atoms with Crippen molar-refractivity contribution in [1.29, 1.82) is 0 Å². The van der Waals surface area contributed by atoms with Gasteiger partial charge in [0, 0.05) is 32.4 Å². The van der Waals surface area contributed by atoms with Gasteiger partial charge in [0.15, 0.2) is 0 Å². The summed E-state index contributed by atoms with van der Waals surface area (Å²) in [4.78, 5) is 17.8. The molecule has 3 rings (SSSR count). The highest BCUT2D eigenvalue weighted by atomic mass is 32.1. The number of aromatic amines is 1. The molecule has 11 heteroatoms. The van der Waals surface area contributed by atoms with Crippen molar-refractivity contribution < 1.29 is 13.9 Å². The molecule has 1 fully saturated rings. The van der Waals surface area contributed by atoms with Gasteiger partial charge in [0.2, 0.25) is 5.91 Å². The van der Waals surface area contributed by atoms with E-state index in [0.29, 0.717) is 49.7 Å². The van der Waals surface area contributed by atoms with Gasteiger partial charge in [-0.3, -0.25) is 9.89 Å². The third kappa shape index (κ3) is 5.22. The highest BCUT2D eigenvalue weighted by Crippen LogP contribution is 2.27. The molecule has 2 N–H and O–H groups in total. The minimum Gasteiger partial charge on any atom is -0.474 e. The van der Waals surface area contributed by atoms with Crippen LogP contribution in [0, 0.1) is 5.82 Å². The topological polar surface area (TPSA) is 89.6 Å². The Morgan fingerprint density at radius 2 is 2.10 bits per heavy atom. The molecule has 1 atom stereocenters. The fraction of sp³-hybridized carbons (Fsp3) is 0.474. The summed E-state index contributed by atoms with van der Waals surface area (Å²) in [6, 6.07) is 4.53. The van der Waals surface area contributed by atoms with Crippen LogP contribution in [-0.4, -0.2) is 90.2 Å². The summed E-state index contributed by atoms with van der Waals surface area (Å²) in [7, 11) is 5.19. The van der Waals surface area contributed by atoms with E-state index < -0.39 is 6.04 Å². The monoisotopic (exact) mass is 435 g/mol. The van der Waals surface area contributed by atoms with Crippen LogP contribution in [-0.2, 0) is 9.53 Å². The molecule has 9 nitrogen and oxygen atoms in total. The Hall–Kier alpha value is -2.79. The summed E-state index contributed by atoms with van der Waals surface area (Å²) in [5.74, 6) is -0.259. The van der Waals surface area contributed by atoms with Crippen molar-refractivity contribution in [2.75, 3.05) is 58.8 Å². The predicted octanol–water partition coefficient (Wildman–Crippen LogP) is 0.764. The van der Waals surface area contributed by atoms with Crippen molar-refractivity contribution in [2.24, 2.45) is 0 Å². The standard InChI is InChI=1S/C19H26FN7O2S/c1-25(2)12-17(28)27-8-6-26(7-9-27)16-5-4-13(10-14(16)20)18(22-19(30)29-3)15-11-21-24-23-15/h4-5,10-11,18H,6-9,12H2,1-3H3,(H,22,30)(H,21,23,24). The number of carbonyl (C=O) groups excluding carboxylic acids is 1. The lowest BCUT2D eigenvalue weighted by atomic mass is 10.0. The van der Waals surface area contributed by atoms with E-state index in [-0.39, 0.29) is 16.9 Å². The minimum atomic E-state index is -0.500. The van der Waals surface area contributed by atoms with Crippen molar-refractivity contribution in [3.63, 3.8) is 0 Å². The van der Waals surface area contributed by atoms with E-state index in [0.717, 1.165) is 0 Å². The number of methoxy groups -OCH3 is 1. The zero-order valence-corrected chi connectivity index (χ0v) is 18.1. The minimum absolute atomic E-state index is 0.0890. The first-order valence-corrected chi connectivity index (χ1v) is 9.97. The number of nitrogens with zero attached hydrogens (tertiary/aromatic N) is 5. The number of benzene rings is 1. The number of H-pyrrole nitrogens is 1. The van der Waals surface area contributed by atoms with Gasteiger partial charge < -0.3 is 24.8 Å². The Morgan fingerprint density at radius 1 is 1.37 bits per heavy atom. The number of thiocarbonyl (C=S) groups is 1. The van der Waals surface area contributed by atoms with Crippen LogP contribution in [0.2, 0.25) is 0 Å². The summed E-state index contributed by atoms with van der Waals surface area (Å²) in [5.41, 5.74) is 1.71. The predicted molar refractivity (Wildman–Crippen MR) is 115 cm³/mol. The first kappa shape index (κ1) is 21.9. The smallest absolute Gasteiger partial charge is 0.257 e. The van der Waals surface area contributed by atoms with E-state index in [1.807, 2.05) is 34.9 Å². The van der Waals surface area contributed by atoms with E-state index in [2.05, 4.69) is 20.7 Å². The van der Waals surface area contributed by atoms with Crippen LogP contribution >= 0.6 is 12.2 Å². The number of nitrogens with one attached hydrogen (secondary N) is 2. The van der Waals surface area contributed by atoms with Gasteiger partial charge in [-0.2, -0.15) is 0 Å². The fourth-order valence-electron chi connectivity index (χ4n) is 3.38. The molecule has 2 heterocycles. The molecule has 0 spiro atoms. The highest BCUT2D eigenvalue weighted by molar-refractivity contribution is 7.80. The van der Waals surface area contributed by atoms with Crippen LogP contribution in [0.5, 0.6) is 0 Å². The van der Waals surface area contributed by atoms with Gasteiger partial charge in [-0.25, -0.2) is 4.39 Å². The zero-order chi connectivity index (χ0) is 21.7. The van der Waals surface area contributed by atoms with E-state index >= 15 is 4.39 Å². The Bertz CT molecular complexity index is 870. The summed E-state index contributed by atoms with van der Waals surface area (Å²) >= 11 is 5.10. The number of carbonyl (C=O) groups is 1. The molecule has 0 saturated carbocycles. The maximum absolute atomic E-state index is 15.0. The van der Waals surface area contributed by atoms with Crippen LogP contribution in [0.3, 0.4) is 0 Å². The summed E-state index contributed by atoms with van der Waals surface area (Å²) < 4.78 is 20.0. The van der Waals surface area contributed by atoms with Crippen molar-refractivity contribution in [1.82, 2.24) is 30.5 Å². The average molecular weight is 436 g/mol. The van der Waals surface area contributed by atoms with Gasteiger partial charge in [-0.1, -0.05) is 11.3 Å². The number of hydrogen-bond donors (Lipinski definition) is 2. The summed E-state index contributed by atoms with van der Waals surface area (Å²) in [6.07, 6.45) is 1.62. The average Bonchev–Trinajstić information content (AvgIpc) is 3.26. The van der Waals surface area contributed by atoms with Gasteiger partial charge in [0.25, 0.3) is 5.17 Å². The van der Waals surface area contributed by atoms with Gasteiger partial charge >= 0.3 is 0 Å². The second-order valence-corrected chi connectivity index (χ2v) is 7.65. The van der Waals surface area contributed by atoms with Crippen molar-refractivity contribution in [3.8, 4) is 0 Å². The first-order chi connectivity index (χ1) is 14.4. The lowest BCUT2D eigenvalue weighted by Gasteiger charge is -2.36. The fourth-order valence-corrected chi connectivity index (χ4v) is 3.50.